The van der Waals surface area contributed by atoms with Crippen LogP contribution in [-0.4, -0.2) is 4.92 Å². The van der Waals surface area contributed by atoms with Gasteiger partial charge in [-0.25, -0.2) is 0 Å². The number of hydrogen-bond donors (Lipinski definition) is 1. The Morgan fingerprint density at radius 3 is 2.50 bits per heavy atom. The van der Waals surface area contributed by atoms with Crippen molar-refractivity contribution in [2.75, 3.05) is 10.6 Å². The van der Waals surface area contributed by atoms with Crippen LogP contribution in [-0.2, 0) is 0 Å². The first-order valence-electron chi connectivity index (χ1n) is 7.43. The van der Waals surface area contributed by atoms with Crippen molar-refractivity contribution >= 4 is 28.4 Å². The summed E-state index contributed by atoms with van der Waals surface area (Å²) in [6.45, 7) is 1.98. The van der Waals surface area contributed by atoms with Crippen LogP contribution < -0.4 is 10.6 Å². The van der Waals surface area contributed by atoms with Crippen LogP contribution in [0.4, 0.5) is 28.4 Å². The van der Waals surface area contributed by atoms with Crippen molar-refractivity contribution in [2.24, 2.45) is 0 Å². The molecule has 24 heavy (non-hydrogen) atoms. The second-order valence-electron chi connectivity index (χ2n) is 5.44. The van der Waals surface area contributed by atoms with Crippen molar-refractivity contribution in [2.45, 2.75) is 6.92 Å². The molecule has 0 aliphatic rings. The van der Waals surface area contributed by atoms with Crippen LogP contribution >= 0.6 is 0 Å². The van der Waals surface area contributed by atoms with E-state index in [4.69, 9.17) is 5.73 Å². The molecule has 0 saturated carbocycles. The van der Waals surface area contributed by atoms with Crippen molar-refractivity contribution < 1.29 is 4.92 Å². The van der Waals surface area contributed by atoms with E-state index >= 15 is 0 Å². The largest absolute Gasteiger partial charge is 0.399 e. The van der Waals surface area contributed by atoms with Gasteiger partial charge in [-0.15, -0.1) is 0 Å². The minimum Gasteiger partial charge on any atom is -0.399 e. The Morgan fingerprint density at radius 2 is 1.83 bits per heavy atom. The van der Waals surface area contributed by atoms with E-state index in [0.29, 0.717) is 11.4 Å². The van der Waals surface area contributed by atoms with Crippen LogP contribution in [0.3, 0.4) is 0 Å². The molecule has 5 heteroatoms. The first kappa shape index (κ1) is 15.6. The van der Waals surface area contributed by atoms with Crippen LogP contribution in [0.1, 0.15) is 5.56 Å². The van der Waals surface area contributed by atoms with Gasteiger partial charge in [0.25, 0.3) is 5.69 Å². The Morgan fingerprint density at radius 1 is 1.08 bits per heavy atom. The topological polar surface area (TPSA) is 72.4 Å². The van der Waals surface area contributed by atoms with Gasteiger partial charge < -0.3 is 10.6 Å². The van der Waals surface area contributed by atoms with Crippen LogP contribution in [0.15, 0.2) is 66.7 Å². The molecule has 0 saturated heterocycles. The monoisotopic (exact) mass is 318 g/mol. The van der Waals surface area contributed by atoms with Gasteiger partial charge in [0.2, 0.25) is 0 Å². The number of aryl methyl sites for hydroxylation is 1. The molecule has 0 amide bonds. The molecule has 0 bridgehead atoms. The maximum Gasteiger partial charge on any atom is 0.293 e. The summed E-state index contributed by atoms with van der Waals surface area (Å²) < 4.78 is 0. The summed E-state index contributed by atoms with van der Waals surface area (Å²) in [5, 5.41) is 11.4. The lowest BCUT2D eigenvalue weighted by molar-refractivity contribution is -0.384. The van der Waals surface area contributed by atoms with E-state index in [1.165, 1.54) is 6.07 Å². The molecule has 5 nitrogen and oxygen atoms in total. The van der Waals surface area contributed by atoms with Gasteiger partial charge >= 0.3 is 0 Å². The maximum absolute atomic E-state index is 11.4. The van der Waals surface area contributed by atoms with E-state index in [-0.39, 0.29) is 5.69 Å². The zero-order valence-corrected chi connectivity index (χ0v) is 13.1. The lowest BCUT2D eigenvalue weighted by Crippen LogP contribution is -2.12. The second kappa shape index (κ2) is 6.42. The molecule has 0 aromatic heterocycles. The van der Waals surface area contributed by atoms with E-state index in [1.54, 1.807) is 24.3 Å². The highest BCUT2D eigenvalue weighted by Crippen LogP contribution is 2.39. The third-order valence-electron chi connectivity index (χ3n) is 3.67. The first-order chi connectivity index (χ1) is 11.6. The third-order valence-corrected chi connectivity index (χ3v) is 3.67. The van der Waals surface area contributed by atoms with Gasteiger partial charge in [0.05, 0.1) is 4.92 Å². The maximum atomic E-state index is 11.4. The quantitative estimate of drug-likeness (QED) is 0.428. The van der Waals surface area contributed by atoms with Crippen LogP contribution in [0, 0.1) is 23.1 Å². The SMILES string of the molecule is Cc1cccc(N(c2ccc(N)cc2)c2cc[c]cc2[N+](=O)[O-])c1. The van der Waals surface area contributed by atoms with E-state index in [1.807, 2.05) is 48.2 Å². The van der Waals surface area contributed by atoms with E-state index < -0.39 is 4.92 Å². The number of nitrogens with zero attached hydrogens (tertiary/aromatic N) is 2. The predicted octanol–water partition coefficient (Wildman–Crippen LogP) is 4.76. The minimum absolute atomic E-state index is 0.00386. The lowest BCUT2D eigenvalue weighted by Gasteiger charge is -2.25. The first-order valence-corrected chi connectivity index (χ1v) is 7.43. The average Bonchev–Trinajstić information content (AvgIpc) is 2.57. The fraction of sp³-hybridized carbons (Fsp3) is 0.0526. The molecule has 0 aliphatic heterocycles. The summed E-state index contributed by atoms with van der Waals surface area (Å²) in [5.41, 5.74) is 9.59. The van der Waals surface area contributed by atoms with Crippen molar-refractivity contribution in [1.29, 1.82) is 0 Å². The van der Waals surface area contributed by atoms with Gasteiger partial charge in [-0.3, -0.25) is 10.1 Å². The van der Waals surface area contributed by atoms with Crippen molar-refractivity contribution in [3.63, 3.8) is 0 Å². The van der Waals surface area contributed by atoms with Crippen molar-refractivity contribution in [3.8, 4) is 0 Å². The molecule has 119 valence electrons. The highest BCUT2D eigenvalue weighted by molar-refractivity contribution is 5.82. The molecule has 0 atom stereocenters. The fourth-order valence-corrected chi connectivity index (χ4v) is 2.57. The molecule has 0 spiro atoms. The molecular formula is C19H16N3O2. The van der Waals surface area contributed by atoms with Gasteiger partial charge in [-0.2, -0.15) is 0 Å². The minimum atomic E-state index is -0.397. The molecule has 3 aromatic carbocycles. The number of benzene rings is 3. The molecule has 0 unspecified atom stereocenters. The molecule has 3 aromatic rings. The number of hydrogen-bond acceptors (Lipinski definition) is 4. The summed E-state index contributed by atoms with van der Waals surface area (Å²) in [6.07, 6.45) is 0. The van der Waals surface area contributed by atoms with E-state index in [9.17, 15) is 10.1 Å². The fourth-order valence-electron chi connectivity index (χ4n) is 2.57. The summed E-state index contributed by atoms with van der Waals surface area (Å²) in [5.74, 6) is 0. The number of nitrogens with two attached hydrogens (primary N) is 1. The smallest absolute Gasteiger partial charge is 0.293 e. The normalized spacial score (nSPS) is 10.4. The van der Waals surface area contributed by atoms with E-state index in [0.717, 1.165) is 16.9 Å². The zero-order chi connectivity index (χ0) is 17.1. The highest BCUT2D eigenvalue weighted by Gasteiger charge is 2.21. The number of nitro groups is 1. The van der Waals surface area contributed by atoms with E-state index in [2.05, 4.69) is 6.07 Å². The zero-order valence-electron chi connectivity index (χ0n) is 13.1. The molecule has 0 fully saturated rings. The second-order valence-corrected chi connectivity index (χ2v) is 5.44. The summed E-state index contributed by atoms with van der Waals surface area (Å²) in [6, 6.07) is 22.6. The Bertz CT molecular complexity index is 876. The number of nitro benzene ring substituents is 1. The Hall–Kier alpha value is -3.34. The molecular weight excluding hydrogens is 302 g/mol. The molecule has 0 aliphatic carbocycles. The number of rotatable bonds is 4. The van der Waals surface area contributed by atoms with Crippen LogP contribution in [0.2, 0.25) is 0 Å². The third kappa shape index (κ3) is 3.05. The van der Waals surface area contributed by atoms with Crippen molar-refractivity contribution in [1.82, 2.24) is 0 Å². The van der Waals surface area contributed by atoms with Gasteiger partial charge in [-0.05, 0) is 61.0 Å². The predicted molar refractivity (Wildman–Crippen MR) is 95.8 cm³/mol. The summed E-state index contributed by atoms with van der Waals surface area (Å²) in [7, 11) is 0. The number of nitrogen functional groups attached to an aromatic ring is 1. The summed E-state index contributed by atoms with van der Waals surface area (Å²) in [4.78, 5) is 12.9. The lowest BCUT2D eigenvalue weighted by atomic mass is 10.1. The van der Waals surface area contributed by atoms with Crippen LogP contribution in [0.25, 0.3) is 0 Å². The standard InChI is InChI=1S/C19H16N3O2/c1-14-5-4-6-17(13-14)21(16-11-9-15(20)10-12-16)18-7-2-3-8-19(18)22(23)24/h2,4-13H,20H2,1H3. The summed E-state index contributed by atoms with van der Waals surface area (Å²) >= 11 is 0. The van der Waals surface area contributed by atoms with Gasteiger partial charge in [-0.1, -0.05) is 18.2 Å². The van der Waals surface area contributed by atoms with Gasteiger partial charge in [0.1, 0.15) is 5.69 Å². The Kier molecular flexibility index (Phi) is 4.16. The number of anilines is 4. The van der Waals surface area contributed by atoms with Crippen molar-refractivity contribution in [3.05, 3.63) is 88.5 Å². The Labute approximate surface area is 140 Å². The molecule has 1 radical (unpaired) electrons. The molecule has 3 rings (SSSR count). The highest BCUT2D eigenvalue weighted by atomic mass is 16.6. The Balaban J connectivity index is 2.23. The van der Waals surface area contributed by atoms with Crippen LogP contribution in [0.5, 0.6) is 0 Å². The average molecular weight is 318 g/mol. The van der Waals surface area contributed by atoms with Gasteiger partial charge in [0, 0.05) is 23.1 Å². The van der Waals surface area contributed by atoms with Gasteiger partial charge in [0.15, 0.2) is 0 Å². The molecule has 0 heterocycles. The molecule has 2 N–H and O–H groups in total.